The summed E-state index contributed by atoms with van der Waals surface area (Å²) in [4.78, 5) is 0. The molecular formula is C14H14BrClOS. The van der Waals surface area contributed by atoms with Crippen LogP contribution in [0.2, 0.25) is 0 Å². The van der Waals surface area contributed by atoms with Gasteiger partial charge in [0.05, 0.1) is 12.5 Å². The van der Waals surface area contributed by atoms with Crippen molar-refractivity contribution >= 4 is 38.9 Å². The molecule has 2 rings (SSSR count). The Morgan fingerprint density at radius 3 is 2.89 bits per heavy atom. The average Bonchev–Trinajstić information content (AvgIpc) is 2.84. The molecule has 1 aromatic heterocycles. The number of alkyl halides is 1. The lowest BCUT2D eigenvalue weighted by atomic mass is 10.1. The second-order valence-corrected chi connectivity index (χ2v) is 6.04. The molecule has 96 valence electrons. The van der Waals surface area contributed by atoms with Gasteiger partial charge in [-0.25, -0.2) is 0 Å². The van der Waals surface area contributed by atoms with Crippen LogP contribution in [-0.4, -0.2) is 6.61 Å². The van der Waals surface area contributed by atoms with Crippen LogP contribution in [0, 0.1) is 6.92 Å². The quantitative estimate of drug-likeness (QED) is 0.678. The molecule has 0 bridgehead atoms. The monoisotopic (exact) mass is 344 g/mol. The number of ether oxygens (including phenoxy) is 1. The van der Waals surface area contributed by atoms with Gasteiger partial charge in [0.25, 0.3) is 0 Å². The minimum Gasteiger partial charge on any atom is -0.493 e. The number of halogens is 2. The molecule has 1 nitrogen and oxygen atoms in total. The summed E-state index contributed by atoms with van der Waals surface area (Å²) in [7, 11) is 0. The highest BCUT2D eigenvalue weighted by Crippen LogP contribution is 2.29. The fourth-order valence-electron chi connectivity index (χ4n) is 1.81. The molecule has 0 aliphatic rings. The van der Waals surface area contributed by atoms with Gasteiger partial charge in [0, 0.05) is 16.5 Å². The minimum absolute atomic E-state index is 0.466. The van der Waals surface area contributed by atoms with Crippen molar-refractivity contribution in [2.45, 2.75) is 19.2 Å². The van der Waals surface area contributed by atoms with Crippen LogP contribution in [0.1, 0.15) is 16.7 Å². The van der Waals surface area contributed by atoms with E-state index < -0.39 is 0 Å². The number of thiophene rings is 1. The molecule has 4 heteroatoms. The molecule has 2 aromatic rings. The highest BCUT2D eigenvalue weighted by atomic mass is 79.9. The van der Waals surface area contributed by atoms with Gasteiger partial charge in [0.2, 0.25) is 0 Å². The summed E-state index contributed by atoms with van der Waals surface area (Å²) < 4.78 is 6.93. The first-order valence-electron chi connectivity index (χ1n) is 5.69. The molecule has 0 aliphatic heterocycles. The zero-order valence-corrected chi connectivity index (χ0v) is 13.2. The Kier molecular flexibility index (Phi) is 5.10. The van der Waals surface area contributed by atoms with Crippen molar-refractivity contribution in [1.82, 2.24) is 0 Å². The van der Waals surface area contributed by atoms with Gasteiger partial charge in [-0.1, -0.05) is 15.9 Å². The summed E-state index contributed by atoms with van der Waals surface area (Å²) in [5, 5.41) is 4.24. The Balaban J connectivity index is 2.04. The normalized spacial score (nSPS) is 10.6. The molecular weight excluding hydrogens is 332 g/mol. The SMILES string of the molecule is Cc1cc(Br)cc(CCl)c1OCCc1ccsc1. The Morgan fingerprint density at radius 1 is 1.39 bits per heavy atom. The topological polar surface area (TPSA) is 9.23 Å². The molecule has 0 N–H and O–H groups in total. The summed E-state index contributed by atoms with van der Waals surface area (Å²) in [6.07, 6.45) is 0.931. The standard InChI is InChI=1S/C14H14BrClOS/c1-10-6-13(15)7-12(8-16)14(10)17-4-2-11-3-5-18-9-11/h3,5-7,9H,2,4,8H2,1H3. The van der Waals surface area contributed by atoms with E-state index in [1.807, 2.05) is 13.0 Å². The summed E-state index contributed by atoms with van der Waals surface area (Å²) in [6, 6.07) is 6.20. The maximum Gasteiger partial charge on any atom is 0.126 e. The van der Waals surface area contributed by atoms with Gasteiger partial charge in [0.1, 0.15) is 5.75 Å². The van der Waals surface area contributed by atoms with E-state index in [-0.39, 0.29) is 0 Å². The molecule has 18 heavy (non-hydrogen) atoms. The van der Waals surface area contributed by atoms with Gasteiger partial charge < -0.3 is 4.74 Å². The molecule has 0 amide bonds. The number of hydrogen-bond donors (Lipinski definition) is 0. The molecule has 0 saturated heterocycles. The van der Waals surface area contributed by atoms with Gasteiger partial charge in [-0.05, 0) is 47.0 Å². The molecule has 0 radical (unpaired) electrons. The Morgan fingerprint density at radius 2 is 2.22 bits per heavy atom. The van der Waals surface area contributed by atoms with Gasteiger partial charge in [0.15, 0.2) is 0 Å². The van der Waals surface area contributed by atoms with Gasteiger partial charge >= 0.3 is 0 Å². The highest BCUT2D eigenvalue weighted by molar-refractivity contribution is 9.10. The van der Waals surface area contributed by atoms with Crippen molar-refractivity contribution in [2.24, 2.45) is 0 Å². The highest BCUT2D eigenvalue weighted by Gasteiger charge is 2.08. The van der Waals surface area contributed by atoms with Crippen molar-refractivity contribution in [2.75, 3.05) is 6.61 Å². The van der Waals surface area contributed by atoms with E-state index >= 15 is 0 Å². The molecule has 0 saturated carbocycles. The lowest BCUT2D eigenvalue weighted by Gasteiger charge is -2.13. The summed E-state index contributed by atoms with van der Waals surface area (Å²) in [6.45, 7) is 2.73. The van der Waals surface area contributed by atoms with E-state index in [1.54, 1.807) is 11.3 Å². The number of aryl methyl sites for hydroxylation is 1. The second-order valence-electron chi connectivity index (χ2n) is 4.07. The summed E-state index contributed by atoms with van der Waals surface area (Å²) >= 11 is 11.1. The van der Waals surface area contributed by atoms with Crippen molar-refractivity contribution in [3.63, 3.8) is 0 Å². The van der Waals surface area contributed by atoms with Crippen LogP contribution in [0.4, 0.5) is 0 Å². The third-order valence-corrected chi connectivity index (χ3v) is 4.16. The first-order valence-corrected chi connectivity index (χ1v) is 7.96. The Labute approximate surface area is 125 Å². The lowest BCUT2D eigenvalue weighted by molar-refractivity contribution is 0.317. The van der Waals surface area contributed by atoms with Crippen LogP contribution < -0.4 is 4.74 Å². The van der Waals surface area contributed by atoms with Gasteiger partial charge in [-0.2, -0.15) is 11.3 Å². The minimum atomic E-state index is 0.466. The van der Waals surface area contributed by atoms with Crippen LogP contribution in [0.5, 0.6) is 5.75 Å². The van der Waals surface area contributed by atoms with E-state index in [1.165, 1.54) is 5.56 Å². The molecule has 0 fully saturated rings. The fourth-order valence-corrected chi connectivity index (χ4v) is 3.33. The van der Waals surface area contributed by atoms with Crippen molar-refractivity contribution in [3.8, 4) is 5.75 Å². The van der Waals surface area contributed by atoms with E-state index in [0.717, 1.165) is 27.8 Å². The van der Waals surface area contributed by atoms with Crippen molar-refractivity contribution in [3.05, 3.63) is 50.1 Å². The maximum absolute atomic E-state index is 5.96. The van der Waals surface area contributed by atoms with Crippen LogP contribution >= 0.6 is 38.9 Å². The molecule has 0 spiro atoms. The number of benzene rings is 1. The zero-order valence-electron chi connectivity index (χ0n) is 10.1. The third-order valence-electron chi connectivity index (χ3n) is 2.68. The van der Waals surface area contributed by atoms with Crippen LogP contribution in [-0.2, 0) is 12.3 Å². The fraction of sp³-hybridized carbons (Fsp3) is 0.286. The first-order chi connectivity index (χ1) is 8.70. The van der Waals surface area contributed by atoms with Gasteiger partial charge in [-0.3, -0.25) is 0 Å². The smallest absolute Gasteiger partial charge is 0.126 e. The average molecular weight is 346 g/mol. The van der Waals surface area contributed by atoms with E-state index in [0.29, 0.717) is 12.5 Å². The lowest BCUT2D eigenvalue weighted by Crippen LogP contribution is -2.04. The van der Waals surface area contributed by atoms with Crippen LogP contribution in [0.15, 0.2) is 33.4 Å². The van der Waals surface area contributed by atoms with Crippen molar-refractivity contribution < 1.29 is 4.74 Å². The Bertz CT molecular complexity index is 511. The predicted octanol–water partition coefficient (Wildman–Crippen LogP) is 5.18. The van der Waals surface area contributed by atoms with Gasteiger partial charge in [-0.15, -0.1) is 11.6 Å². The third kappa shape index (κ3) is 3.50. The molecule has 1 aromatic carbocycles. The van der Waals surface area contributed by atoms with Crippen LogP contribution in [0.3, 0.4) is 0 Å². The molecule has 1 heterocycles. The van der Waals surface area contributed by atoms with E-state index in [9.17, 15) is 0 Å². The number of rotatable bonds is 5. The van der Waals surface area contributed by atoms with Crippen molar-refractivity contribution in [1.29, 1.82) is 0 Å². The first kappa shape index (κ1) is 13.9. The Hall–Kier alpha value is -0.510. The second kappa shape index (κ2) is 6.60. The zero-order chi connectivity index (χ0) is 13.0. The predicted molar refractivity (Wildman–Crippen MR) is 82.0 cm³/mol. The summed E-state index contributed by atoms with van der Waals surface area (Å²) in [5.74, 6) is 1.39. The van der Waals surface area contributed by atoms with E-state index in [4.69, 9.17) is 16.3 Å². The van der Waals surface area contributed by atoms with Crippen LogP contribution in [0.25, 0.3) is 0 Å². The largest absolute Gasteiger partial charge is 0.493 e. The molecule has 0 atom stereocenters. The van der Waals surface area contributed by atoms with E-state index in [2.05, 4.69) is 38.8 Å². The maximum atomic E-state index is 5.96. The molecule has 0 unspecified atom stereocenters. The summed E-state index contributed by atoms with van der Waals surface area (Å²) in [5.41, 5.74) is 3.47. The molecule has 0 aliphatic carbocycles. The number of hydrogen-bond acceptors (Lipinski definition) is 2.